The number of nitriles is 1. The Balaban J connectivity index is 0.000000615. The van der Waals surface area contributed by atoms with E-state index in [0.29, 0.717) is 11.6 Å². The summed E-state index contributed by atoms with van der Waals surface area (Å²) in [5, 5.41) is 12.1. The van der Waals surface area contributed by atoms with Crippen LogP contribution in [-0.2, 0) is 9.53 Å². The summed E-state index contributed by atoms with van der Waals surface area (Å²) < 4.78 is 11.2. The molecule has 8 nitrogen and oxygen atoms in total. The summed E-state index contributed by atoms with van der Waals surface area (Å²) in [6.07, 6.45) is 5.18. The van der Waals surface area contributed by atoms with Crippen LogP contribution in [0.2, 0.25) is 0 Å². The van der Waals surface area contributed by atoms with Crippen molar-refractivity contribution in [3.05, 3.63) is 42.5 Å². The summed E-state index contributed by atoms with van der Waals surface area (Å²) in [7, 11) is 6.65. The van der Waals surface area contributed by atoms with Gasteiger partial charge in [0.05, 0.1) is 19.0 Å². The number of pyridine rings is 2. The van der Waals surface area contributed by atoms with Gasteiger partial charge in [0.2, 0.25) is 5.88 Å². The second-order valence-electron chi connectivity index (χ2n) is 4.84. The largest absolute Gasteiger partial charge is 0.480 e. The van der Waals surface area contributed by atoms with E-state index in [1.807, 2.05) is 38.2 Å². The summed E-state index contributed by atoms with van der Waals surface area (Å²) >= 11 is 0. The number of hydrogen-bond acceptors (Lipinski definition) is 7. The summed E-state index contributed by atoms with van der Waals surface area (Å²) in [6, 6.07) is 7.90. The molecule has 0 saturated heterocycles. The summed E-state index contributed by atoms with van der Waals surface area (Å²) in [6.45, 7) is 2.00. The number of fused-ring (bicyclic) bond motifs is 1. The molecule has 0 radical (unpaired) electrons. The minimum atomic E-state index is 0.502. The number of rotatable bonds is 3. The highest BCUT2D eigenvalue weighted by Crippen LogP contribution is 2.28. The third-order valence-corrected chi connectivity index (χ3v) is 3.27. The molecule has 8 heteroatoms. The normalized spacial score (nSPS) is 9.19. The van der Waals surface area contributed by atoms with E-state index in [1.165, 1.54) is 0 Å². The average Bonchev–Trinajstić information content (AvgIpc) is 3.11. The third kappa shape index (κ3) is 4.55. The number of ether oxygens (including phenoxy) is 2. The van der Waals surface area contributed by atoms with Crippen molar-refractivity contribution in [3.63, 3.8) is 0 Å². The lowest BCUT2D eigenvalue weighted by Gasteiger charge is -2.09. The predicted octanol–water partition coefficient (Wildman–Crippen LogP) is 2.40. The first-order chi connectivity index (χ1) is 12.7. The van der Waals surface area contributed by atoms with Gasteiger partial charge in [0.25, 0.3) is 0 Å². The highest BCUT2D eigenvalue weighted by Gasteiger charge is 2.08. The van der Waals surface area contributed by atoms with E-state index in [9.17, 15) is 0 Å². The first kappa shape index (κ1) is 20.6. The molecule has 0 atom stereocenters. The van der Waals surface area contributed by atoms with Gasteiger partial charge in [-0.1, -0.05) is 0 Å². The fourth-order valence-corrected chi connectivity index (χ4v) is 2.19. The van der Waals surface area contributed by atoms with E-state index in [-0.39, 0.29) is 0 Å². The fraction of sp³-hybridized carbons (Fsp3) is 0.222. The molecule has 0 aromatic carbocycles. The molecule has 3 aromatic heterocycles. The van der Waals surface area contributed by atoms with E-state index in [0.717, 1.165) is 22.5 Å². The highest BCUT2D eigenvalue weighted by atomic mass is 16.5. The zero-order valence-corrected chi connectivity index (χ0v) is 15.2. The summed E-state index contributed by atoms with van der Waals surface area (Å²) in [5.41, 5.74) is 3.93. The van der Waals surface area contributed by atoms with Crippen LogP contribution >= 0.6 is 0 Å². The van der Waals surface area contributed by atoms with Gasteiger partial charge in [-0.05, 0) is 18.2 Å². The van der Waals surface area contributed by atoms with E-state index < -0.39 is 0 Å². The van der Waals surface area contributed by atoms with Gasteiger partial charge < -0.3 is 19.6 Å². The van der Waals surface area contributed by atoms with Gasteiger partial charge in [-0.25, -0.2) is 9.97 Å². The molecule has 0 unspecified atom stereocenters. The van der Waals surface area contributed by atoms with Crippen molar-refractivity contribution >= 4 is 18.1 Å². The lowest BCUT2D eigenvalue weighted by molar-refractivity contribution is -0.0979. The van der Waals surface area contributed by atoms with Gasteiger partial charge >= 0.3 is 0 Å². The van der Waals surface area contributed by atoms with Crippen LogP contribution in [0.5, 0.6) is 5.88 Å². The number of imidazole rings is 1. The van der Waals surface area contributed by atoms with Gasteiger partial charge in [0, 0.05) is 44.8 Å². The number of anilines is 1. The van der Waals surface area contributed by atoms with Crippen molar-refractivity contribution in [1.29, 1.82) is 5.26 Å². The Bertz CT molecular complexity index is 886. The number of nitrogens with zero attached hydrogens (tertiary/aromatic N) is 4. The minimum Gasteiger partial charge on any atom is -0.480 e. The topological polar surface area (TPSA) is 102 Å². The summed E-state index contributed by atoms with van der Waals surface area (Å²) in [5.74, 6) is 0.544. The van der Waals surface area contributed by atoms with Gasteiger partial charge in [-0.2, -0.15) is 5.26 Å². The molecule has 136 valence electrons. The molecule has 0 aliphatic rings. The highest BCUT2D eigenvalue weighted by molar-refractivity contribution is 5.70. The van der Waals surface area contributed by atoms with Crippen LogP contribution in [-0.4, -0.2) is 49.5 Å². The molecule has 1 N–H and O–H groups in total. The molecule has 0 saturated carbocycles. The maximum Gasteiger partial charge on any atom is 0.237 e. The Morgan fingerprint density at radius 1 is 1.15 bits per heavy atom. The number of carbonyl (C=O) groups is 1. The van der Waals surface area contributed by atoms with Gasteiger partial charge in [-0.3, -0.25) is 4.40 Å². The first-order valence-corrected chi connectivity index (χ1v) is 7.46. The van der Waals surface area contributed by atoms with Crippen molar-refractivity contribution in [2.45, 2.75) is 0 Å². The smallest absolute Gasteiger partial charge is 0.237 e. The maximum atomic E-state index is 9.09. The second-order valence-corrected chi connectivity index (χ2v) is 4.84. The molecule has 0 bridgehead atoms. The second kappa shape index (κ2) is 10.4. The number of methoxy groups -OCH3 is 2. The van der Waals surface area contributed by atoms with Crippen LogP contribution in [0.4, 0.5) is 5.69 Å². The molecule has 3 aromatic rings. The Hall–Kier alpha value is -3.44. The zero-order valence-electron chi connectivity index (χ0n) is 15.2. The third-order valence-electron chi connectivity index (χ3n) is 3.27. The molecule has 0 aliphatic carbocycles. The average molecular weight is 355 g/mol. The van der Waals surface area contributed by atoms with Crippen LogP contribution in [0.1, 0.15) is 5.69 Å². The van der Waals surface area contributed by atoms with Gasteiger partial charge in [-0.15, -0.1) is 0 Å². The lowest BCUT2D eigenvalue weighted by Crippen LogP contribution is -1.97. The standard InChI is InChI=1S/C15H13N5O.C2H6O.CH2O/c1-17-13-5-11(7-19-15(13)21-2)10-3-4-14-18-8-12(6-16)20(14)9-10;1-3-2;1-2/h3-5,7-9,17H,1-2H3;1-2H3;1H2. The van der Waals surface area contributed by atoms with Crippen LogP contribution in [0.3, 0.4) is 0 Å². The number of carbonyl (C=O) groups excluding carboxylic acids is 1. The molecule has 3 heterocycles. The van der Waals surface area contributed by atoms with E-state index in [1.54, 1.807) is 38.1 Å². The van der Waals surface area contributed by atoms with E-state index in [4.69, 9.17) is 14.8 Å². The molecule has 26 heavy (non-hydrogen) atoms. The molecular formula is C18H21N5O3. The number of hydrogen-bond donors (Lipinski definition) is 1. The molecule has 0 spiro atoms. The molecular weight excluding hydrogens is 334 g/mol. The SMILES string of the molecule is C=O.CNc1cc(-c2ccc3ncc(C#N)n3c2)cnc1OC.COC. The van der Waals surface area contributed by atoms with Crippen LogP contribution < -0.4 is 10.1 Å². The Morgan fingerprint density at radius 2 is 1.85 bits per heavy atom. The minimum absolute atomic E-state index is 0.502. The van der Waals surface area contributed by atoms with Gasteiger partial charge in [0.15, 0.2) is 0 Å². The molecule has 3 rings (SSSR count). The maximum absolute atomic E-state index is 9.09. The van der Waals surface area contributed by atoms with E-state index in [2.05, 4.69) is 26.1 Å². The monoisotopic (exact) mass is 355 g/mol. The lowest BCUT2D eigenvalue weighted by atomic mass is 10.1. The Kier molecular flexibility index (Phi) is 8.27. The summed E-state index contributed by atoms with van der Waals surface area (Å²) in [4.78, 5) is 16.5. The molecule has 0 amide bonds. The fourth-order valence-electron chi connectivity index (χ4n) is 2.19. The predicted molar refractivity (Wildman–Crippen MR) is 99.3 cm³/mol. The Labute approximate surface area is 152 Å². The van der Waals surface area contributed by atoms with Gasteiger partial charge in [0.1, 0.15) is 24.2 Å². The van der Waals surface area contributed by atoms with Crippen molar-refractivity contribution in [2.24, 2.45) is 0 Å². The van der Waals surface area contributed by atoms with E-state index >= 15 is 0 Å². The van der Waals surface area contributed by atoms with Crippen LogP contribution in [0.15, 0.2) is 36.8 Å². The van der Waals surface area contributed by atoms with Crippen LogP contribution in [0.25, 0.3) is 16.8 Å². The molecule has 0 aliphatic heterocycles. The first-order valence-electron chi connectivity index (χ1n) is 7.46. The van der Waals surface area contributed by atoms with Crippen molar-refractivity contribution in [1.82, 2.24) is 14.4 Å². The number of aromatic nitrogens is 3. The zero-order chi connectivity index (χ0) is 19.5. The Morgan fingerprint density at radius 3 is 2.42 bits per heavy atom. The van der Waals surface area contributed by atoms with Crippen LogP contribution in [0, 0.1) is 11.3 Å². The number of nitrogens with one attached hydrogen (secondary N) is 1. The van der Waals surface area contributed by atoms with Crippen molar-refractivity contribution in [2.75, 3.05) is 33.7 Å². The van der Waals surface area contributed by atoms with Crippen molar-refractivity contribution < 1.29 is 14.3 Å². The quantitative estimate of drug-likeness (QED) is 0.769. The van der Waals surface area contributed by atoms with Crippen molar-refractivity contribution in [3.8, 4) is 23.1 Å². The molecule has 0 fully saturated rings.